The van der Waals surface area contributed by atoms with Gasteiger partial charge in [-0.05, 0) is 13.3 Å². The molecule has 0 aromatic rings. The molecule has 0 heterocycles. The third-order valence-corrected chi connectivity index (χ3v) is 2.59. The molecule has 0 radical (unpaired) electrons. The Morgan fingerprint density at radius 3 is 2.50 bits per heavy atom. The van der Waals surface area contributed by atoms with Crippen LogP contribution in [0.1, 0.15) is 33.1 Å². The van der Waals surface area contributed by atoms with E-state index in [4.69, 9.17) is 0 Å². The summed E-state index contributed by atoms with van der Waals surface area (Å²) >= 11 is 0. The molecule has 14 heavy (non-hydrogen) atoms. The van der Waals surface area contributed by atoms with Crippen LogP contribution in [0.3, 0.4) is 0 Å². The first kappa shape index (κ1) is 14.2. The van der Waals surface area contributed by atoms with Gasteiger partial charge in [-0.15, -0.1) is 0 Å². The fourth-order valence-corrected chi connectivity index (χ4v) is 1.78. The standard InChI is InChI=1S/C10H22F2NP/c1-3-4-5-9(2)13(7-6-11)8-10(12)14/h9-10H,3-8,14H2,1-2H3. The molecule has 1 nitrogen and oxygen atoms in total. The van der Waals surface area contributed by atoms with Gasteiger partial charge in [0.05, 0.1) is 0 Å². The van der Waals surface area contributed by atoms with Gasteiger partial charge in [-0.25, -0.2) is 8.78 Å². The summed E-state index contributed by atoms with van der Waals surface area (Å²) in [7, 11) is 2.11. The molecule has 0 bridgehead atoms. The van der Waals surface area contributed by atoms with Gasteiger partial charge in [0, 0.05) is 19.1 Å². The van der Waals surface area contributed by atoms with Crippen LogP contribution in [0, 0.1) is 0 Å². The molecule has 86 valence electrons. The maximum absolute atomic E-state index is 12.8. The van der Waals surface area contributed by atoms with E-state index < -0.39 is 12.6 Å². The number of hydrogen-bond acceptors (Lipinski definition) is 1. The summed E-state index contributed by atoms with van der Waals surface area (Å²) in [5, 5.41) is 0. The number of nitrogens with zero attached hydrogens (tertiary/aromatic N) is 1. The van der Waals surface area contributed by atoms with E-state index >= 15 is 0 Å². The van der Waals surface area contributed by atoms with Crippen molar-refractivity contribution in [3.8, 4) is 0 Å². The van der Waals surface area contributed by atoms with Crippen molar-refractivity contribution in [1.82, 2.24) is 4.90 Å². The van der Waals surface area contributed by atoms with Crippen molar-refractivity contribution in [2.24, 2.45) is 0 Å². The van der Waals surface area contributed by atoms with E-state index in [1.165, 1.54) is 0 Å². The topological polar surface area (TPSA) is 3.24 Å². The number of unbranched alkanes of at least 4 members (excludes halogenated alkanes) is 1. The molecule has 0 aromatic heterocycles. The number of alkyl halides is 2. The van der Waals surface area contributed by atoms with Gasteiger partial charge in [0.2, 0.25) is 0 Å². The average molecular weight is 225 g/mol. The summed E-state index contributed by atoms with van der Waals surface area (Å²) in [5.41, 5.74) is 0. The molecule has 0 aliphatic heterocycles. The van der Waals surface area contributed by atoms with Crippen LogP contribution in [0.25, 0.3) is 0 Å². The number of halogens is 2. The second kappa shape index (κ2) is 8.55. The van der Waals surface area contributed by atoms with Crippen LogP contribution in [-0.4, -0.2) is 36.6 Å². The molecule has 0 aliphatic carbocycles. The van der Waals surface area contributed by atoms with E-state index in [-0.39, 0.29) is 6.04 Å². The molecule has 0 amide bonds. The summed E-state index contributed by atoms with van der Waals surface area (Å²) in [6, 6.07) is 0.282. The molecule has 0 N–H and O–H groups in total. The summed E-state index contributed by atoms with van der Waals surface area (Å²) in [6.07, 6.45) is 3.28. The Balaban J connectivity index is 3.90. The SMILES string of the molecule is CCCCC(C)N(CCF)CC(F)P. The Bertz CT molecular complexity index is 133. The molecule has 3 unspecified atom stereocenters. The monoisotopic (exact) mass is 225 g/mol. The molecule has 0 saturated carbocycles. The summed E-state index contributed by atoms with van der Waals surface area (Å²) in [4.78, 5) is 1.88. The Labute approximate surface area is 88.4 Å². The predicted octanol–water partition coefficient (Wildman–Crippen LogP) is 3.01. The van der Waals surface area contributed by atoms with Crippen molar-refractivity contribution in [1.29, 1.82) is 0 Å². The molecule has 0 rings (SSSR count). The maximum Gasteiger partial charge on any atom is 0.126 e. The Morgan fingerprint density at radius 1 is 1.43 bits per heavy atom. The zero-order chi connectivity index (χ0) is 11.0. The van der Waals surface area contributed by atoms with Crippen LogP contribution in [-0.2, 0) is 0 Å². The zero-order valence-corrected chi connectivity index (χ0v) is 10.3. The summed E-state index contributed by atoms with van der Waals surface area (Å²) in [6.45, 7) is 4.44. The minimum absolute atomic E-state index is 0.282. The minimum atomic E-state index is -0.953. The Kier molecular flexibility index (Phi) is 8.70. The molecule has 0 saturated heterocycles. The van der Waals surface area contributed by atoms with Crippen LogP contribution in [0.15, 0.2) is 0 Å². The van der Waals surface area contributed by atoms with Crippen molar-refractivity contribution >= 4 is 9.24 Å². The van der Waals surface area contributed by atoms with E-state index in [1.54, 1.807) is 0 Å². The fourth-order valence-electron chi connectivity index (χ4n) is 1.51. The van der Waals surface area contributed by atoms with Gasteiger partial charge in [0.25, 0.3) is 0 Å². The van der Waals surface area contributed by atoms with Gasteiger partial charge >= 0.3 is 0 Å². The van der Waals surface area contributed by atoms with Gasteiger partial charge in [-0.3, -0.25) is 4.90 Å². The third-order valence-electron chi connectivity index (χ3n) is 2.38. The highest BCUT2D eigenvalue weighted by atomic mass is 31.0. The lowest BCUT2D eigenvalue weighted by molar-refractivity contribution is 0.160. The highest BCUT2D eigenvalue weighted by Gasteiger charge is 2.15. The van der Waals surface area contributed by atoms with Crippen molar-refractivity contribution < 1.29 is 8.78 Å². The van der Waals surface area contributed by atoms with E-state index in [2.05, 4.69) is 16.2 Å². The van der Waals surface area contributed by atoms with Crippen molar-refractivity contribution in [2.75, 3.05) is 19.8 Å². The quantitative estimate of drug-likeness (QED) is 0.574. The van der Waals surface area contributed by atoms with Crippen molar-refractivity contribution in [2.45, 2.75) is 45.1 Å². The largest absolute Gasteiger partial charge is 0.295 e. The molecular formula is C10H22F2NP. The molecule has 0 aliphatic rings. The molecule has 4 heteroatoms. The zero-order valence-electron chi connectivity index (χ0n) is 9.18. The predicted molar refractivity (Wildman–Crippen MR) is 61.1 cm³/mol. The lowest BCUT2D eigenvalue weighted by Crippen LogP contribution is -2.38. The molecular weight excluding hydrogens is 203 g/mol. The van der Waals surface area contributed by atoms with Crippen LogP contribution in [0.5, 0.6) is 0 Å². The average Bonchev–Trinajstić information content (AvgIpc) is 2.13. The first-order valence-corrected chi connectivity index (χ1v) is 5.98. The normalized spacial score (nSPS) is 15.9. The van der Waals surface area contributed by atoms with E-state index in [9.17, 15) is 8.78 Å². The number of rotatable bonds is 8. The van der Waals surface area contributed by atoms with Gasteiger partial charge in [-0.1, -0.05) is 29.0 Å². The second-order valence-corrected chi connectivity index (χ2v) is 4.41. The molecule has 0 fully saturated rings. The molecule has 0 spiro atoms. The lowest BCUT2D eigenvalue weighted by atomic mass is 10.1. The van der Waals surface area contributed by atoms with Crippen molar-refractivity contribution in [3.63, 3.8) is 0 Å². The molecule has 3 atom stereocenters. The third kappa shape index (κ3) is 6.67. The van der Waals surface area contributed by atoms with Crippen LogP contribution in [0.4, 0.5) is 8.78 Å². The second-order valence-electron chi connectivity index (χ2n) is 3.69. The fraction of sp³-hybridized carbons (Fsp3) is 1.00. The summed E-state index contributed by atoms with van der Waals surface area (Å²) < 4.78 is 25.0. The Hall–Kier alpha value is 0.250. The Morgan fingerprint density at radius 2 is 2.07 bits per heavy atom. The van der Waals surface area contributed by atoms with Gasteiger partial charge in [-0.2, -0.15) is 0 Å². The van der Waals surface area contributed by atoms with E-state index in [1.807, 2.05) is 11.8 Å². The van der Waals surface area contributed by atoms with E-state index in [0.29, 0.717) is 13.1 Å². The van der Waals surface area contributed by atoms with Crippen LogP contribution < -0.4 is 0 Å². The highest BCUT2D eigenvalue weighted by molar-refractivity contribution is 7.17. The van der Waals surface area contributed by atoms with E-state index in [0.717, 1.165) is 19.3 Å². The highest BCUT2D eigenvalue weighted by Crippen LogP contribution is 2.12. The van der Waals surface area contributed by atoms with Gasteiger partial charge < -0.3 is 0 Å². The van der Waals surface area contributed by atoms with Gasteiger partial charge in [0.1, 0.15) is 12.6 Å². The first-order valence-electron chi connectivity index (χ1n) is 5.31. The summed E-state index contributed by atoms with van der Waals surface area (Å²) in [5.74, 6) is -0.953. The lowest BCUT2D eigenvalue weighted by Gasteiger charge is -2.28. The van der Waals surface area contributed by atoms with Crippen LogP contribution in [0.2, 0.25) is 0 Å². The van der Waals surface area contributed by atoms with Gasteiger partial charge in [0.15, 0.2) is 0 Å². The first-order chi connectivity index (χ1) is 6.61. The number of hydrogen-bond donors (Lipinski definition) is 0. The van der Waals surface area contributed by atoms with Crippen molar-refractivity contribution in [3.05, 3.63) is 0 Å². The molecule has 0 aromatic carbocycles. The minimum Gasteiger partial charge on any atom is -0.295 e. The maximum atomic E-state index is 12.8. The van der Waals surface area contributed by atoms with Crippen LogP contribution >= 0.6 is 9.24 Å². The smallest absolute Gasteiger partial charge is 0.126 e.